The number of fused-ring (bicyclic) bond motifs is 1. The van der Waals surface area contributed by atoms with E-state index >= 15 is 0 Å². The molecule has 0 aliphatic rings. The molecule has 0 saturated carbocycles. The molecule has 160 valence electrons. The van der Waals surface area contributed by atoms with Crippen molar-refractivity contribution in [2.45, 2.75) is 6.61 Å². The molecular formula is C24H16Cl3N3O2. The molecule has 0 aliphatic carbocycles. The molecule has 0 radical (unpaired) electrons. The van der Waals surface area contributed by atoms with Crippen molar-refractivity contribution in [1.29, 1.82) is 5.26 Å². The second-order valence-electron chi connectivity index (χ2n) is 6.78. The van der Waals surface area contributed by atoms with E-state index in [1.807, 2.05) is 36.4 Å². The molecule has 0 bridgehead atoms. The molecule has 0 saturated heterocycles. The van der Waals surface area contributed by atoms with Crippen LogP contribution in [0.15, 0.2) is 60.8 Å². The van der Waals surface area contributed by atoms with Crippen LogP contribution in [0.1, 0.15) is 11.3 Å². The van der Waals surface area contributed by atoms with Crippen LogP contribution in [-0.4, -0.2) is 22.5 Å². The van der Waals surface area contributed by atoms with Crippen molar-refractivity contribution >= 4 is 45.6 Å². The molecule has 1 heterocycles. The lowest BCUT2D eigenvalue weighted by molar-refractivity contribution is 0.301. The maximum absolute atomic E-state index is 9.58. The van der Waals surface area contributed by atoms with Crippen molar-refractivity contribution in [1.82, 2.24) is 9.97 Å². The van der Waals surface area contributed by atoms with Crippen molar-refractivity contribution < 1.29 is 9.47 Å². The SMILES string of the molecule is N#Cc1cc(-c2cccc3cc(OCc4ccnc(Cl)n4)ccc23)cc(Cl)c1OCCCl. The highest BCUT2D eigenvalue weighted by Crippen LogP contribution is 2.37. The fourth-order valence-corrected chi connectivity index (χ4v) is 3.85. The monoisotopic (exact) mass is 483 g/mol. The van der Waals surface area contributed by atoms with Crippen molar-refractivity contribution in [2.24, 2.45) is 0 Å². The quantitative estimate of drug-likeness (QED) is 0.216. The second kappa shape index (κ2) is 10.1. The Morgan fingerprint density at radius 2 is 1.88 bits per heavy atom. The average Bonchev–Trinajstić information content (AvgIpc) is 2.81. The third-order valence-corrected chi connectivity index (χ3v) is 5.34. The number of alkyl halides is 1. The van der Waals surface area contributed by atoms with Gasteiger partial charge in [0, 0.05) is 6.20 Å². The summed E-state index contributed by atoms with van der Waals surface area (Å²) >= 11 is 17.9. The van der Waals surface area contributed by atoms with Crippen LogP contribution in [0.2, 0.25) is 10.3 Å². The summed E-state index contributed by atoms with van der Waals surface area (Å²) in [6.07, 6.45) is 1.59. The van der Waals surface area contributed by atoms with Gasteiger partial charge in [0.05, 0.1) is 22.2 Å². The molecular weight excluding hydrogens is 469 g/mol. The standard InChI is InChI=1S/C24H16Cl3N3O2/c25-7-9-31-23-17(13-28)10-16(12-22(23)26)20-3-1-2-15-11-19(4-5-21(15)20)32-14-18-6-8-29-24(27)30-18/h1-6,8,10-12H,7,9,14H2. The lowest BCUT2D eigenvalue weighted by Crippen LogP contribution is -2.01. The van der Waals surface area contributed by atoms with Crippen LogP contribution in [0.4, 0.5) is 0 Å². The summed E-state index contributed by atoms with van der Waals surface area (Å²) < 4.78 is 11.4. The van der Waals surface area contributed by atoms with Crippen LogP contribution in [0.5, 0.6) is 11.5 Å². The second-order valence-corrected chi connectivity index (χ2v) is 7.90. The number of hydrogen-bond acceptors (Lipinski definition) is 5. The molecule has 3 aromatic carbocycles. The van der Waals surface area contributed by atoms with Gasteiger partial charge < -0.3 is 9.47 Å². The zero-order valence-electron chi connectivity index (χ0n) is 16.7. The molecule has 4 rings (SSSR count). The summed E-state index contributed by atoms with van der Waals surface area (Å²) in [5.74, 6) is 1.35. The van der Waals surface area contributed by atoms with E-state index in [-0.39, 0.29) is 18.5 Å². The van der Waals surface area contributed by atoms with Crippen molar-refractivity contribution in [3.05, 3.63) is 82.4 Å². The first-order valence-corrected chi connectivity index (χ1v) is 10.9. The predicted octanol–water partition coefficient (Wildman–Crippen LogP) is 6.67. The van der Waals surface area contributed by atoms with E-state index in [1.165, 1.54) is 0 Å². The summed E-state index contributed by atoms with van der Waals surface area (Å²) in [6.45, 7) is 0.548. The minimum absolute atomic E-state index is 0.184. The van der Waals surface area contributed by atoms with Crippen LogP contribution in [-0.2, 0) is 6.61 Å². The smallest absolute Gasteiger partial charge is 0.222 e. The Morgan fingerprint density at radius 1 is 1.00 bits per heavy atom. The third-order valence-electron chi connectivity index (χ3n) is 4.72. The maximum atomic E-state index is 9.58. The Hall–Kier alpha value is -3.04. The van der Waals surface area contributed by atoms with E-state index in [0.717, 1.165) is 21.9 Å². The molecule has 0 fully saturated rings. The highest BCUT2D eigenvalue weighted by Gasteiger charge is 2.14. The Kier molecular flexibility index (Phi) is 6.96. The van der Waals surface area contributed by atoms with Gasteiger partial charge in [-0.2, -0.15) is 5.26 Å². The molecule has 0 amide bonds. The summed E-state index contributed by atoms with van der Waals surface area (Å²) in [7, 11) is 0. The van der Waals surface area contributed by atoms with E-state index in [1.54, 1.807) is 24.4 Å². The molecule has 0 atom stereocenters. The van der Waals surface area contributed by atoms with Crippen molar-refractivity contribution in [3.8, 4) is 28.7 Å². The molecule has 0 N–H and O–H groups in total. The van der Waals surface area contributed by atoms with Gasteiger partial charge in [-0.25, -0.2) is 9.97 Å². The molecule has 0 aliphatic heterocycles. The van der Waals surface area contributed by atoms with Gasteiger partial charge in [0.1, 0.15) is 25.0 Å². The number of aromatic nitrogens is 2. The van der Waals surface area contributed by atoms with Gasteiger partial charge >= 0.3 is 0 Å². The van der Waals surface area contributed by atoms with Gasteiger partial charge in [-0.1, -0.05) is 35.9 Å². The van der Waals surface area contributed by atoms with Crippen LogP contribution >= 0.6 is 34.8 Å². The summed E-state index contributed by atoms with van der Waals surface area (Å²) in [5.41, 5.74) is 2.81. The number of benzene rings is 3. The van der Waals surface area contributed by atoms with Crippen LogP contribution < -0.4 is 9.47 Å². The molecule has 1 aromatic heterocycles. The average molecular weight is 485 g/mol. The Bertz CT molecular complexity index is 1320. The summed E-state index contributed by atoms with van der Waals surface area (Å²) in [5, 5.41) is 12.1. The Labute approximate surface area is 200 Å². The van der Waals surface area contributed by atoms with E-state index in [4.69, 9.17) is 44.3 Å². The largest absolute Gasteiger partial charge is 0.489 e. The topological polar surface area (TPSA) is 68.0 Å². The van der Waals surface area contributed by atoms with E-state index in [9.17, 15) is 5.26 Å². The fourth-order valence-electron chi connectivity index (χ4n) is 3.33. The number of ether oxygens (including phenoxy) is 2. The maximum Gasteiger partial charge on any atom is 0.222 e. The molecule has 5 nitrogen and oxygen atoms in total. The minimum atomic E-state index is 0.184. The van der Waals surface area contributed by atoms with Gasteiger partial charge in [0.25, 0.3) is 0 Å². The first kappa shape index (κ1) is 22.2. The minimum Gasteiger partial charge on any atom is -0.489 e. The lowest BCUT2D eigenvalue weighted by Gasteiger charge is -2.13. The van der Waals surface area contributed by atoms with Crippen LogP contribution in [0, 0.1) is 11.3 Å². The molecule has 8 heteroatoms. The first-order chi connectivity index (χ1) is 15.6. The number of nitriles is 1. The molecule has 0 unspecified atom stereocenters. The van der Waals surface area contributed by atoms with Crippen molar-refractivity contribution in [3.63, 3.8) is 0 Å². The number of halogens is 3. The van der Waals surface area contributed by atoms with Gasteiger partial charge in [-0.15, -0.1) is 11.6 Å². The van der Waals surface area contributed by atoms with Crippen molar-refractivity contribution in [2.75, 3.05) is 12.5 Å². The first-order valence-electron chi connectivity index (χ1n) is 9.65. The number of rotatable bonds is 7. The molecule has 4 aromatic rings. The zero-order valence-corrected chi connectivity index (χ0v) is 19.0. The third kappa shape index (κ3) is 4.89. The van der Waals surface area contributed by atoms with Crippen LogP contribution in [0.25, 0.3) is 21.9 Å². The fraction of sp³-hybridized carbons (Fsp3) is 0.125. The normalized spacial score (nSPS) is 10.7. The molecule has 32 heavy (non-hydrogen) atoms. The van der Waals surface area contributed by atoms with Gasteiger partial charge in [-0.3, -0.25) is 0 Å². The number of hydrogen-bond donors (Lipinski definition) is 0. The van der Waals surface area contributed by atoms with Gasteiger partial charge in [0.15, 0.2) is 5.75 Å². The Morgan fingerprint density at radius 3 is 2.66 bits per heavy atom. The van der Waals surface area contributed by atoms with Gasteiger partial charge in [0.2, 0.25) is 5.28 Å². The highest BCUT2D eigenvalue weighted by molar-refractivity contribution is 6.32. The van der Waals surface area contributed by atoms with Crippen LogP contribution in [0.3, 0.4) is 0 Å². The summed E-state index contributed by atoms with van der Waals surface area (Å²) in [6, 6.07) is 19.2. The highest BCUT2D eigenvalue weighted by atomic mass is 35.5. The lowest BCUT2D eigenvalue weighted by atomic mass is 9.96. The summed E-state index contributed by atoms with van der Waals surface area (Å²) in [4.78, 5) is 8.00. The van der Waals surface area contributed by atoms with Gasteiger partial charge in [-0.05, 0) is 63.8 Å². The number of nitrogens with zero attached hydrogens (tertiary/aromatic N) is 3. The van der Waals surface area contributed by atoms with E-state index < -0.39 is 0 Å². The van der Waals surface area contributed by atoms with E-state index in [2.05, 4.69) is 16.0 Å². The Balaban J connectivity index is 1.66. The molecule has 0 spiro atoms. The predicted molar refractivity (Wildman–Crippen MR) is 127 cm³/mol. The zero-order chi connectivity index (χ0) is 22.5. The van der Waals surface area contributed by atoms with E-state index in [0.29, 0.717) is 33.7 Å².